The van der Waals surface area contributed by atoms with Gasteiger partial charge in [0.2, 0.25) is 5.95 Å². The Labute approximate surface area is 105 Å². The SMILES string of the molecule is CCOC(=O)Cc1c(Cl)nc(N)nc1C(F)(F)F. The van der Waals surface area contributed by atoms with Crippen LogP contribution in [-0.4, -0.2) is 22.5 Å². The van der Waals surface area contributed by atoms with Crippen molar-refractivity contribution in [2.24, 2.45) is 0 Å². The van der Waals surface area contributed by atoms with E-state index in [9.17, 15) is 18.0 Å². The van der Waals surface area contributed by atoms with E-state index < -0.39 is 40.9 Å². The van der Waals surface area contributed by atoms with Gasteiger partial charge in [-0.3, -0.25) is 4.79 Å². The second kappa shape index (κ2) is 5.38. The summed E-state index contributed by atoms with van der Waals surface area (Å²) in [5.74, 6) is -1.46. The zero-order chi connectivity index (χ0) is 13.9. The Morgan fingerprint density at radius 3 is 2.56 bits per heavy atom. The fourth-order valence-corrected chi connectivity index (χ4v) is 1.46. The van der Waals surface area contributed by atoms with Crippen LogP contribution in [0.5, 0.6) is 0 Å². The number of hydrogen-bond donors (Lipinski definition) is 1. The van der Waals surface area contributed by atoms with Gasteiger partial charge >= 0.3 is 12.1 Å². The van der Waals surface area contributed by atoms with Crippen molar-refractivity contribution in [2.45, 2.75) is 19.5 Å². The standard InChI is InChI=1S/C9H9ClF3N3O2/c1-2-18-5(17)3-4-6(9(11,12)13)15-8(14)16-7(4)10/h2-3H2,1H3,(H2,14,15,16). The Morgan fingerprint density at radius 1 is 1.44 bits per heavy atom. The maximum absolute atomic E-state index is 12.7. The minimum atomic E-state index is -4.78. The summed E-state index contributed by atoms with van der Waals surface area (Å²) in [5.41, 5.74) is 3.22. The van der Waals surface area contributed by atoms with Crippen LogP contribution in [0.4, 0.5) is 19.1 Å². The first kappa shape index (κ1) is 14.5. The second-order valence-electron chi connectivity index (χ2n) is 3.18. The fourth-order valence-electron chi connectivity index (χ4n) is 1.22. The molecule has 0 aliphatic carbocycles. The largest absolute Gasteiger partial charge is 0.466 e. The molecule has 0 aliphatic rings. The Balaban J connectivity index is 3.20. The smallest absolute Gasteiger partial charge is 0.433 e. The predicted octanol–water partition coefficient (Wildman–Crippen LogP) is 1.84. The van der Waals surface area contributed by atoms with E-state index in [4.69, 9.17) is 17.3 Å². The topological polar surface area (TPSA) is 78.1 Å². The minimum Gasteiger partial charge on any atom is -0.466 e. The van der Waals surface area contributed by atoms with Gasteiger partial charge in [0.1, 0.15) is 5.15 Å². The molecule has 1 heterocycles. The van der Waals surface area contributed by atoms with Crippen LogP contribution in [0.2, 0.25) is 5.15 Å². The molecule has 0 amide bonds. The van der Waals surface area contributed by atoms with E-state index >= 15 is 0 Å². The molecule has 0 radical (unpaired) electrons. The highest BCUT2D eigenvalue weighted by molar-refractivity contribution is 6.30. The lowest BCUT2D eigenvalue weighted by atomic mass is 10.1. The molecule has 0 fully saturated rings. The number of aromatic nitrogens is 2. The van der Waals surface area contributed by atoms with Crippen LogP contribution in [0.15, 0.2) is 0 Å². The quantitative estimate of drug-likeness (QED) is 0.676. The van der Waals surface area contributed by atoms with Gasteiger partial charge < -0.3 is 10.5 Å². The van der Waals surface area contributed by atoms with Crippen molar-refractivity contribution in [3.8, 4) is 0 Å². The van der Waals surface area contributed by atoms with Gasteiger partial charge in [0.05, 0.1) is 13.0 Å². The molecule has 0 bridgehead atoms. The van der Waals surface area contributed by atoms with Crippen molar-refractivity contribution < 1.29 is 22.7 Å². The van der Waals surface area contributed by atoms with Gasteiger partial charge in [-0.15, -0.1) is 0 Å². The van der Waals surface area contributed by atoms with Crippen LogP contribution in [0.25, 0.3) is 0 Å². The fraction of sp³-hybridized carbons (Fsp3) is 0.444. The molecule has 1 aromatic heterocycles. The lowest BCUT2D eigenvalue weighted by Gasteiger charge is -2.12. The maximum atomic E-state index is 12.7. The van der Waals surface area contributed by atoms with E-state index in [1.165, 1.54) is 6.92 Å². The Kier molecular flexibility index (Phi) is 4.33. The highest BCUT2D eigenvalue weighted by Crippen LogP contribution is 2.33. The van der Waals surface area contributed by atoms with Gasteiger partial charge in [-0.1, -0.05) is 11.6 Å². The lowest BCUT2D eigenvalue weighted by Crippen LogP contribution is -2.18. The van der Waals surface area contributed by atoms with E-state index in [1.54, 1.807) is 0 Å². The van der Waals surface area contributed by atoms with Crippen LogP contribution < -0.4 is 5.73 Å². The zero-order valence-electron chi connectivity index (χ0n) is 9.21. The third-order valence-electron chi connectivity index (χ3n) is 1.87. The van der Waals surface area contributed by atoms with Crippen molar-refractivity contribution in [3.05, 3.63) is 16.4 Å². The number of alkyl halides is 3. The first-order chi connectivity index (χ1) is 8.25. The van der Waals surface area contributed by atoms with Gasteiger partial charge in [-0.05, 0) is 6.92 Å². The molecule has 0 atom stereocenters. The van der Waals surface area contributed by atoms with E-state index in [0.717, 1.165) is 0 Å². The first-order valence-corrected chi connectivity index (χ1v) is 5.18. The van der Waals surface area contributed by atoms with Crippen LogP contribution in [-0.2, 0) is 22.1 Å². The molecule has 5 nitrogen and oxygen atoms in total. The number of ether oxygens (including phenoxy) is 1. The first-order valence-electron chi connectivity index (χ1n) is 4.80. The lowest BCUT2D eigenvalue weighted by molar-refractivity contribution is -0.144. The molecule has 100 valence electrons. The van der Waals surface area contributed by atoms with Gasteiger partial charge in [-0.25, -0.2) is 9.97 Å². The number of nitrogens with two attached hydrogens (primary N) is 1. The number of nitrogen functional groups attached to an aromatic ring is 1. The number of carbonyl (C=O) groups is 1. The number of esters is 1. The minimum absolute atomic E-state index is 0.0492. The molecular formula is C9H9ClF3N3O2. The van der Waals surface area contributed by atoms with Gasteiger partial charge in [-0.2, -0.15) is 13.2 Å². The molecule has 2 N–H and O–H groups in total. The Bertz CT molecular complexity index is 465. The number of anilines is 1. The Morgan fingerprint density at radius 2 is 2.06 bits per heavy atom. The number of nitrogens with zero attached hydrogens (tertiary/aromatic N) is 2. The summed E-state index contributed by atoms with van der Waals surface area (Å²) in [5, 5.41) is -0.511. The molecule has 0 aromatic carbocycles. The normalized spacial score (nSPS) is 11.4. The number of halogens is 4. The molecular weight excluding hydrogens is 275 g/mol. The van der Waals surface area contributed by atoms with Crippen LogP contribution in [0, 0.1) is 0 Å². The van der Waals surface area contributed by atoms with Crippen LogP contribution in [0.3, 0.4) is 0 Å². The summed E-state index contributed by atoms with van der Waals surface area (Å²) in [6, 6.07) is 0. The molecule has 9 heteroatoms. The van der Waals surface area contributed by atoms with Crippen LogP contribution >= 0.6 is 11.6 Å². The summed E-state index contributed by atoms with van der Waals surface area (Å²) in [6.45, 7) is 1.58. The summed E-state index contributed by atoms with van der Waals surface area (Å²) in [7, 11) is 0. The molecule has 0 unspecified atom stereocenters. The average molecular weight is 284 g/mol. The average Bonchev–Trinajstić information content (AvgIpc) is 2.20. The van der Waals surface area contributed by atoms with Crippen molar-refractivity contribution in [1.82, 2.24) is 9.97 Å². The molecule has 0 spiro atoms. The van der Waals surface area contributed by atoms with Gasteiger partial charge in [0.25, 0.3) is 0 Å². The van der Waals surface area contributed by atoms with Gasteiger partial charge in [0.15, 0.2) is 5.69 Å². The van der Waals surface area contributed by atoms with E-state index in [-0.39, 0.29) is 6.61 Å². The molecule has 0 saturated heterocycles. The second-order valence-corrected chi connectivity index (χ2v) is 3.54. The van der Waals surface area contributed by atoms with E-state index in [1.807, 2.05) is 0 Å². The summed E-state index contributed by atoms with van der Waals surface area (Å²) in [6.07, 6.45) is -5.44. The highest BCUT2D eigenvalue weighted by atomic mass is 35.5. The highest BCUT2D eigenvalue weighted by Gasteiger charge is 2.38. The number of rotatable bonds is 3. The molecule has 0 aliphatic heterocycles. The third kappa shape index (κ3) is 3.46. The van der Waals surface area contributed by atoms with Crippen molar-refractivity contribution in [1.29, 1.82) is 0 Å². The van der Waals surface area contributed by atoms with Gasteiger partial charge in [0, 0.05) is 5.56 Å². The van der Waals surface area contributed by atoms with Crippen molar-refractivity contribution in [2.75, 3.05) is 12.3 Å². The zero-order valence-corrected chi connectivity index (χ0v) is 9.97. The summed E-state index contributed by atoms with van der Waals surface area (Å²) < 4.78 is 42.6. The molecule has 1 aromatic rings. The monoisotopic (exact) mass is 283 g/mol. The molecule has 1 rings (SSSR count). The number of carbonyl (C=O) groups excluding carboxylic acids is 1. The molecule has 0 saturated carbocycles. The Hall–Kier alpha value is -1.57. The summed E-state index contributed by atoms with van der Waals surface area (Å²) in [4.78, 5) is 17.6. The van der Waals surface area contributed by atoms with Crippen LogP contribution in [0.1, 0.15) is 18.2 Å². The van der Waals surface area contributed by atoms with Crippen molar-refractivity contribution in [3.63, 3.8) is 0 Å². The molecule has 18 heavy (non-hydrogen) atoms. The number of hydrogen-bond acceptors (Lipinski definition) is 5. The summed E-state index contributed by atoms with van der Waals surface area (Å²) >= 11 is 5.55. The van der Waals surface area contributed by atoms with Crippen molar-refractivity contribution >= 4 is 23.5 Å². The predicted molar refractivity (Wildman–Crippen MR) is 56.8 cm³/mol. The van der Waals surface area contributed by atoms with E-state index in [2.05, 4.69) is 14.7 Å². The maximum Gasteiger partial charge on any atom is 0.433 e. The van der Waals surface area contributed by atoms with E-state index in [0.29, 0.717) is 0 Å². The third-order valence-corrected chi connectivity index (χ3v) is 2.18.